The lowest BCUT2D eigenvalue weighted by molar-refractivity contribution is -0.133. The molecule has 0 aromatic heterocycles. The van der Waals surface area contributed by atoms with Crippen LogP contribution in [0.1, 0.15) is 19.4 Å². The van der Waals surface area contributed by atoms with Crippen LogP contribution in [0, 0.1) is 0 Å². The molecule has 0 radical (unpaired) electrons. The van der Waals surface area contributed by atoms with E-state index in [0.29, 0.717) is 22.7 Å². The SMILES string of the molecule is CC1Oc2ccc(NC(=O)CN3C(=O)NC(C)(c4ccc5ccccc5c4)C3=O)cc2NC1=O. The molecule has 5 amide bonds. The Bertz CT molecular complexity index is 1370. The van der Waals surface area contributed by atoms with Crippen molar-refractivity contribution < 1.29 is 23.9 Å². The van der Waals surface area contributed by atoms with Gasteiger partial charge in [-0.2, -0.15) is 0 Å². The number of carbonyl (C=O) groups excluding carboxylic acids is 4. The second kappa shape index (κ2) is 7.87. The van der Waals surface area contributed by atoms with Crippen molar-refractivity contribution in [3.63, 3.8) is 0 Å². The second-order valence-corrected chi connectivity index (χ2v) is 8.52. The highest BCUT2D eigenvalue weighted by Gasteiger charge is 2.49. The number of nitrogens with zero attached hydrogens (tertiary/aromatic N) is 1. The van der Waals surface area contributed by atoms with Gasteiger partial charge < -0.3 is 20.7 Å². The molecule has 9 nitrogen and oxygen atoms in total. The zero-order valence-corrected chi connectivity index (χ0v) is 18.5. The Labute approximate surface area is 195 Å². The predicted octanol–water partition coefficient (Wildman–Crippen LogP) is 2.96. The number of benzene rings is 3. The number of urea groups is 1. The highest BCUT2D eigenvalue weighted by atomic mass is 16.5. The number of hydrogen-bond donors (Lipinski definition) is 3. The van der Waals surface area contributed by atoms with E-state index in [1.165, 1.54) is 0 Å². The number of rotatable bonds is 4. The summed E-state index contributed by atoms with van der Waals surface area (Å²) in [5.41, 5.74) is 0.171. The van der Waals surface area contributed by atoms with Gasteiger partial charge in [0, 0.05) is 5.69 Å². The topological polar surface area (TPSA) is 117 Å². The van der Waals surface area contributed by atoms with Crippen molar-refractivity contribution in [2.75, 3.05) is 17.2 Å². The summed E-state index contributed by atoms with van der Waals surface area (Å²) in [6, 6.07) is 17.4. The second-order valence-electron chi connectivity index (χ2n) is 8.52. The van der Waals surface area contributed by atoms with Crippen molar-refractivity contribution in [3.8, 4) is 5.75 Å². The molecule has 0 bridgehead atoms. The molecule has 2 aliphatic heterocycles. The van der Waals surface area contributed by atoms with Crippen LogP contribution in [0.2, 0.25) is 0 Å². The van der Waals surface area contributed by atoms with Crippen molar-refractivity contribution in [1.82, 2.24) is 10.2 Å². The summed E-state index contributed by atoms with van der Waals surface area (Å²) < 4.78 is 5.50. The first-order chi connectivity index (χ1) is 16.2. The molecular weight excluding hydrogens is 436 g/mol. The van der Waals surface area contributed by atoms with Crippen LogP contribution in [-0.2, 0) is 19.9 Å². The summed E-state index contributed by atoms with van der Waals surface area (Å²) in [6.45, 7) is 2.81. The van der Waals surface area contributed by atoms with Crippen LogP contribution in [-0.4, -0.2) is 41.3 Å². The van der Waals surface area contributed by atoms with Gasteiger partial charge in [-0.25, -0.2) is 4.79 Å². The van der Waals surface area contributed by atoms with E-state index in [1.807, 2.05) is 36.4 Å². The maximum Gasteiger partial charge on any atom is 0.325 e. The third-order valence-corrected chi connectivity index (χ3v) is 6.10. The van der Waals surface area contributed by atoms with Crippen molar-refractivity contribution in [1.29, 1.82) is 0 Å². The Kier molecular flexibility index (Phi) is 4.97. The molecule has 2 aliphatic rings. The minimum absolute atomic E-state index is 0.289. The predicted molar refractivity (Wildman–Crippen MR) is 125 cm³/mol. The van der Waals surface area contributed by atoms with E-state index < -0.39 is 36.0 Å². The summed E-state index contributed by atoms with van der Waals surface area (Å²) in [6.07, 6.45) is -0.607. The molecule has 3 aromatic carbocycles. The van der Waals surface area contributed by atoms with Crippen molar-refractivity contribution in [3.05, 3.63) is 66.2 Å². The number of hydrogen-bond acceptors (Lipinski definition) is 5. The summed E-state index contributed by atoms with van der Waals surface area (Å²) in [5, 5.41) is 10.0. The largest absolute Gasteiger partial charge is 0.479 e. The summed E-state index contributed by atoms with van der Waals surface area (Å²) in [7, 11) is 0. The molecule has 0 saturated carbocycles. The van der Waals surface area contributed by atoms with E-state index in [2.05, 4.69) is 16.0 Å². The molecule has 2 unspecified atom stereocenters. The van der Waals surface area contributed by atoms with Crippen molar-refractivity contribution in [2.45, 2.75) is 25.5 Å². The summed E-state index contributed by atoms with van der Waals surface area (Å²) >= 11 is 0. The quantitative estimate of drug-likeness (QED) is 0.520. The first kappa shape index (κ1) is 21.4. The number of ether oxygens (including phenoxy) is 1. The number of fused-ring (bicyclic) bond motifs is 2. The Morgan fingerprint density at radius 2 is 1.82 bits per heavy atom. The number of carbonyl (C=O) groups is 4. The third kappa shape index (κ3) is 3.61. The number of nitrogens with one attached hydrogen (secondary N) is 3. The molecule has 0 aliphatic carbocycles. The van der Waals surface area contributed by atoms with Gasteiger partial charge in [-0.3, -0.25) is 19.3 Å². The molecule has 2 atom stereocenters. The molecule has 5 rings (SSSR count). The summed E-state index contributed by atoms with van der Waals surface area (Å²) in [5.74, 6) is -0.862. The molecule has 1 saturated heterocycles. The van der Waals surface area contributed by atoms with E-state index >= 15 is 0 Å². The van der Waals surface area contributed by atoms with E-state index in [9.17, 15) is 19.2 Å². The van der Waals surface area contributed by atoms with Gasteiger partial charge in [-0.15, -0.1) is 0 Å². The van der Waals surface area contributed by atoms with Gasteiger partial charge in [0.1, 0.15) is 17.8 Å². The van der Waals surface area contributed by atoms with Gasteiger partial charge in [-0.05, 0) is 54.4 Å². The lowest BCUT2D eigenvalue weighted by atomic mass is 9.90. The molecule has 34 heavy (non-hydrogen) atoms. The first-order valence-corrected chi connectivity index (χ1v) is 10.8. The maximum atomic E-state index is 13.2. The van der Waals surface area contributed by atoms with Gasteiger partial charge in [0.25, 0.3) is 11.8 Å². The minimum atomic E-state index is -1.29. The number of anilines is 2. The van der Waals surface area contributed by atoms with Gasteiger partial charge in [0.15, 0.2) is 6.10 Å². The number of amides is 5. The molecule has 1 fully saturated rings. The normalized spacial score (nSPS) is 21.5. The van der Waals surface area contributed by atoms with Crippen molar-refractivity contribution in [2.24, 2.45) is 0 Å². The molecule has 0 spiro atoms. The molecule has 3 aromatic rings. The molecule has 2 heterocycles. The van der Waals surface area contributed by atoms with Crippen LogP contribution in [0.3, 0.4) is 0 Å². The Morgan fingerprint density at radius 1 is 1.06 bits per heavy atom. The van der Waals surface area contributed by atoms with Gasteiger partial charge in [0.2, 0.25) is 5.91 Å². The fourth-order valence-electron chi connectivity index (χ4n) is 4.17. The lowest BCUT2D eigenvalue weighted by Crippen LogP contribution is -2.42. The smallest absolute Gasteiger partial charge is 0.325 e. The first-order valence-electron chi connectivity index (χ1n) is 10.8. The van der Waals surface area contributed by atoms with Crippen LogP contribution in [0.4, 0.5) is 16.2 Å². The van der Waals surface area contributed by atoms with Gasteiger partial charge >= 0.3 is 6.03 Å². The van der Waals surface area contributed by atoms with Gasteiger partial charge in [0.05, 0.1) is 5.69 Å². The highest BCUT2D eigenvalue weighted by Crippen LogP contribution is 2.33. The number of imide groups is 1. The Balaban J connectivity index is 1.31. The van der Waals surface area contributed by atoms with Crippen molar-refractivity contribution >= 4 is 45.9 Å². The molecule has 9 heteroatoms. The van der Waals surface area contributed by atoms with E-state index in [4.69, 9.17) is 4.74 Å². The van der Waals surface area contributed by atoms with E-state index in [-0.39, 0.29) is 5.91 Å². The minimum Gasteiger partial charge on any atom is -0.479 e. The van der Waals surface area contributed by atoms with E-state index in [0.717, 1.165) is 15.7 Å². The standard InChI is InChI=1S/C25H22N4O5/c1-14-22(31)27-19-12-18(9-10-20(19)34-14)26-21(30)13-29-23(32)25(2,28-24(29)33)17-8-7-15-5-3-4-6-16(15)11-17/h3-12,14H,13H2,1-2H3,(H,26,30)(H,27,31)(H,28,33). The van der Waals surface area contributed by atoms with Crippen LogP contribution >= 0.6 is 0 Å². The molecule has 172 valence electrons. The molecule has 3 N–H and O–H groups in total. The van der Waals surface area contributed by atoms with Crippen LogP contribution in [0.5, 0.6) is 5.75 Å². The van der Waals surface area contributed by atoms with Crippen LogP contribution in [0.25, 0.3) is 10.8 Å². The Morgan fingerprint density at radius 3 is 2.62 bits per heavy atom. The van der Waals surface area contributed by atoms with Gasteiger partial charge in [-0.1, -0.05) is 36.4 Å². The fraction of sp³-hybridized carbons (Fsp3) is 0.200. The third-order valence-electron chi connectivity index (χ3n) is 6.10. The lowest BCUT2D eigenvalue weighted by Gasteiger charge is -2.24. The average Bonchev–Trinajstić information content (AvgIpc) is 3.03. The van der Waals surface area contributed by atoms with E-state index in [1.54, 1.807) is 38.1 Å². The maximum absolute atomic E-state index is 13.2. The average molecular weight is 458 g/mol. The summed E-state index contributed by atoms with van der Waals surface area (Å²) in [4.78, 5) is 51.2. The van der Waals surface area contributed by atoms with Crippen LogP contribution < -0.4 is 20.7 Å². The monoisotopic (exact) mass is 458 g/mol. The highest BCUT2D eigenvalue weighted by molar-refractivity contribution is 6.10. The van der Waals surface area contributed by atoms with Crippen LogP contribution in [0.15, 0.2) is 60.7 Å². The zero-order valence-electron chi connectivity index (χ0n) is 18.5. The fourth-order valence-corrected chi connectivity index (χ4v) is 4.17. The molecular formula is C25H22N4O5. The zero-order chi connectivity index (χ0) is 24.0. The Hall–Kier alpha value is -4.40.